The van der Waals surface area contributed by atoms with Gasteiger partial charge in [0.15, 0.2) is 0 Å². The van der Waals surface area contributed by atoms with Crippen molar-refractivity contribution in [2.45, 2.75) is 20.8 Å². The zero-order valence-electron chi connectivity index (χ0n) is 18.2. The highest BCUT2D eigenvalue weighted by Crippen LogP contribution is 2.28. The lowest BCUT2D eigenvalue weighted by Gasteiger charge is -2.06. The molecule has 0 fully saturated rings. The number of benzene rings is 3. The van der Waals surface area contributed by atoms with Crippen LogP contribution in [0, 0.1) is 20.8 Å². The largest absolute Gasteiger partial charge is 0.673 e. The van der Waals surface area contributed by atoms with Gasteiger partial charge in [-0.15, -0.1) is 0 Å². The Morgan fingerprint density at radius 1 is 0.469 bits per heavy atom. The molecule has 0 unspecified atom stereocenters. The molecule has 0 bridgehead atoms. The number of halogens is 4. The average Bonchev–Trinajstić information content (AvgIpc) is 2.74. The first-order valence-corrected chi connectivity index (χ1v) is 10.2. The van der Waals surface area contributed by atoms with Crippen LogP contribution >= 0.6 is 0 Å². The Bertz CT molecular complexity index is 1010. The third-order valence-electron chi connectivity index (χ3n) is 4.98. The van der Waals surface area contributed by atoms with Gasteiger partial charge >= 0.3 is 7.25 Å². The molecule has 1 N–H and O–H groups in total. The van der Waals surface area contributed by atoms with E-state index in [9.17, 15) is 17.3 Å². The zero-order valence-corrected chi connectivity index (χ0v) is 18.2. The fourth-order valence-electron chi connectivity index (χ4n) is 3.26. The Hall–Kier alpha value is -3.41. The van der Waals surface area contributed by atoms with Gasteiger partial charge in [-0.1, -0.05) is 65.2 Å². The van der Waals surface area contributed by atoms with Gasteiger partial charge in [0.25, 0.3) is 0 Å². The quantitative estimate of drug-likeness (QED) is 0.230. The van der Waals surface area contributed by atoms with Crippen molar-refractivity contribution in [1.82, 2.24) is 0 Å². The number of rotatable bonds is 3. The number of nitrogens with one attached hydrogen (secondary N) is 1. The molecule has 1 aromatic heterocycles. The van der Waals surface area contributed by atoms with Gasteiger partial charge < -0.3 is 17.3 Å². The molecule has 164 valence electrons. The number of hydrogen-bond donors (Lipinski definition) is 0. The van der Waals surface area contributed by atoms with E-state index in [-0.39, 0.29) is 0 Å². The summed E-state index contributed by atoms with van der Waals surface area (Å²) in [6.07, 6.45) is 0. The van der Waals surface area contributed by atoms with Crippen LogP contribution in [0.3, 0.4) is 0 Å². The number of aryl methyl sites for hydroxylation is 3. The maximum atomic E-state index is 9.75. The van der Waals surface area contributed by atoms with E-state index in [0.717, 1.165) is 11.4 Å². The molecule has 4 rings (SSSR count). The van der Waals surface area contributed by atoms with E-state index in [2.05, 4.69) is 111 Å². The molecule has 1 heterocycles. The fraction of sp³-hybridized carbons (Fsp3) is 0.115. The van der Waals surface area contributed by atoms with Crippen LogP contribution in [0.15, 0.2) is 84.9 Å². The summed E-state index contributed by atoms with van der Waals surface area (Å²) < 4.78 is 39.0. The molecule has 0 spiro atoms. The van der Waals surface area contributed by atoms with Crippen molar-refractivity contribution in [1.29, 1.82) is 0 Å². The van der Waals surface area contributed by atoms with Gasteiger partial charge in [0, 0.05) is 23.3 Å². The topological polar surface area (TPSA) is 14.1 Å². The first kappa shape index (κ1) is 23.3. The van der Waals surface area contributed by atoms with Gasteiger partial charge in [-0.3, -0.25) is 0 Å². The van der Waals surface area contributed by atoms with Crippen molar-refractivity contribution in [2.24, 2.45) is 0 Å². The molecule has 32 heavy (non-hydrogen) atoms. The van der Waals surface area contributed by atoms with Crippen LogP contribution in [0.4, 0.5) is 17.3 Å². The lowest BCUT2D eigenvalue weighted by atomic mass is 9.99. The Morgan fingerprint density at radius 3 is 1.06 bits per heavy atom. The van der Waals surface area contributed by atoms with Crippen LogP contribution in [-0.2, 0) is 0 Å². The minimum absolute atomic E-state index is 1.13. The summed E-state index contributed by atoms with van der Waals surface area (Å²) in [5.74, 6) is 0. The minimum atomic E-state index is -6.00. The second kappa shape index (κ2) is 9.81. The van der Waals surface area contributed by atoms with E-state index in [4.69, 9.17) is 0 Å². The highest BCUT2D eigenvalue weighted by atomic mass is 19.5. The summed E-state index contributed by atoms with van der Waals surface area (Å²) >= 11 is 0. The van der Waals surface area contributed by atoms with E-state index in [1.54, 1.807) is 0 Å². The molecule has 0 radical (unpaired) electrons. The lowest BCUT2D eigenvalue weighted by Crippen LogP contribution is -2.11. The van der Waals surface area contributed by atoms with Crippen molar-refractivity contribution >= 4 is 7.25 Å². The SMILES string of the molecule is Cc1ccc(-c2cc(-c3ccc(C)cc3)[nH+]c(-c3ccc(C)cc3)c2)cc1.F[B-](F)(F)F. The monoisotopic (exact) mass is 437 g/mol. The second-order valence-electron chi connectivity index (χ2n) is 7.79. The number of aromatic amines is 1. The number of hydrogen-bond acceptors (Lipinski definition) is 0. The lowest BCUT2D eigenvalue weighted by molar-refractivity contribution is -0.351. The van der Waals surface area contributed by atoms with E-state index >= 15 is 0 Å². The number of aromatic nitrogens is 1. The molecule has 0 amide bonds. The van der Waals surface area contributed by atoms with Crippen LogP contribution < -0.4 is 4.98 Å². The maximum Gasteiger partial charge on any atom is 0.673 e. The molecule has 3 aromatic carbocycles. The standard InChI is InChI=1S/C26H23N.BF4/c1-18-4-10-21(11-5-18)24-16-25(22-12-6-19(2)7-13-22)27-26(17-24)23-14-8-20(3)9-15-23;2-1(3,4)5/h4-17H,1-3H3;/q;-1/p+1. The van der Waals surface area contributed by atoms with Gasteiger partial charge in [0.05, 0.1) is 0 Å². The first-order chi connectivity index (χ1) is 15.1. The number of pyridine rings is 1. The van der Waals surface area contributed by atoms with Gasteiger partial charge in [-0.05, 0) is 56.2 Å². The summed E-state index contributed by atoms with van der Waals surface area (Å²) in [5.41, 5.74) is 10.9. The molecular weight excluding hydrogens is 413 g/mol. The predicted octanol–water partition coefficient (Wildman–Crippen LogP) is 7.73. The normalized spacial score (nSPS) is 11.0. The molecular formula is C26H24BF4N. The van der Waals surface area contributed by atoms with Crippen LogP contribution in [0.1, 0.15) is 16.7 Å². The Kier molecular flexibility index (Phi) is 7.13. The Morgan fingerprint density at radius 2 is 0.750 bits per heavy atom. The van der Waals surface area contributed by atoms with Gasteiger partial charge in [-0.2, -0.15) is 0 Å². The van der Waals surface area contributed by atoms with E-state index in [0.29, 0.717) is 0 Å². The van der Waals surface area contributed by atoms with E-state index in [1.807, 2.05) is 0 Å². The minimum Gasteiger partial charge on any atom is -0.418 e. The molecule has 0 atom stereocenters. The maximum absolute atomic E-state index is 9.75. The summed E-state index contributed by atoms with van der Waals surface area (Å²) in [6, 6.07) is 30.6. The zero-order chi connectivity index (χ0) is 23.3. The van der Waals surface area contributed by atoms with Crippen molar-refractivity contribution in [2.75, 3.05) is 0 Å². The molecule has 4 aromatic rings. The van der Waals surface area contributed by atoms with Gasteiger partial charge in [-0.25, -0.2) is 4.98 Å². The predicted molar refractivity (Wildman–Crippen MR) is 124 cm³/mol. The molecule has 0 aliphatic heterocycles. The molecule has 0 saturated heterocycles. The summed E-state index contributed by atoms with van der Waals surface area (Å²) in [7, 11) is -6.00. The second-order valence-corrected chi connectivity index (χ2v) is 7.79. The van der Waals surface area contributed by atoms with Crippen LogP contribution in [0.25, 0.3) is 33.6 Å². The average molecular weight is 437 g/mol. The highest BCUT2D eigenvalue weighted by molar-refractivity contribution is 6.50. The molecule has 1 nitrogen and oxygen atoms in total. The highest BCUT2D eigenvalue weighted by Gasteiger charge is 2.20. The molecule has 0 aliphatic rings. The smallest absolute Gasteiger partial charge is 0.418 e. The Balaban J connectivity index is 0.000000523. The summed E-state index contributed by atoms with van der Waals surface area (Å²) in [4.78, 5) is 3.64. The third kappa shape index (κ3) is 6.81. The van der Waals surface area contributed by atoms with Crippen molar-refractivity contribution in [3.8, 4) is 33.6 Å². The fourth-order valence-corrected chi connectivity index (χ4v) is 3.26. The van der Waals surface area contributed by atoms with E-state index < -0.39 is 7.25 Å². The number of H-pyrrole nitrogens is 1. The van der Waals surface area contributed by atoms with Crippen molar-refractivity contribution in [3.63, 3.8) is 0 Å². The van der Waals surface area contributed by atoms with E-state index in [1.165, 1.54) is 38.9 Å². The molecule has 6 heteroatoms. The van der Waals surface area contributed by atoms with Crippen molar-refractivity contribution in [3.05, 3.63) is 102 Å². The van der Waals surface area contributed by atoms with Crippen LogP contribution in [0.5, 0.6) is 0 Å². The summed E-state index contributed by atoms with van der Waals surface area (Å²) in [5, 5.41) is 0. The van der Waals surface area contributed by atoms with Gasteiger partial charge in [0.1, 0.15) is 0 Å². The molecule has 0 saturated carbocycles. The van der Waals surface area contributed by atoms with Crippen LogP contribution in [0.2, 0.25) is 0 Å². The van der Waals surface area contributed by atoms with Gasteiger partial charge in [0.2, 0.25) is 11.4 Å². The Labute approximate surface area is 185 Å². The first-order valence-electron chi connectivity index (χ1n) is 10.2. The third-order valence-corrected chi connectivity index (χ3v) is 4.98. The summed E-state index contributed by atoms with van der Waals surface area (Å²) in [6.45, 7) is 6.36. The van der Waals surface area contributed by atoms with Crippen molar-refractivity contribution < 1.29 is 22.2 Å². The van der Waals surface area contributed by atoms with Crippen LogP contribution in [-0.4, -0.2) is 7.25 Å². The molecule has 0 aliphatic carbocycles.